The zero-order valence-corrected chi connectivity index (χ0v) is 20.4. The Morgan fingerprint density at radius 2 is 0.806 bits per heavy atom. The first-order chi connectivity index (χ1) is 15.1. The van der Waals surface area contributed by atoms with Gasteiger partial charge in [-0.3, -0.25) is 4.55 Å². The Bertz CT molecular complexity index is 445. The van der Waals surface area contributed by atoms with E-state index in [9.17, 15) is 8.42 Å². The topological polar surface area (TPSA) is 101 Å². The fraction of sp³-hybridized carbons (Fsp3) is 1.00. The van der Waals surface area contributed by atoms with Gasteiger partial charge < -0.3 is 18.9 Å². The van der Waals surface area contributed by atoms with E-state index in [-0.39, 0.29) is 13.2 Å². The fourth-order valence-electron chi connectivity index (χ4n) is 3.01. The van der Waals surface area contributed by atoms with Crippen LogP contribution in [0.5, 0.6) is 0 Å². The molecule has 0 aliphatic heterocycles. The van der Waals surface area contributed by atoms with Crippen LogP contribution in [0.1, 0.15) is 84.0 Å². The molecule has 0 unspecified atom stereocenters. The highest BCUT2D eigenvalue weighted by Gasteiger charge is 2.02. The second kappa shape index (κ2) is 24.4. The average molecular weight is 471 g/mol. The average Bonchev–Trinajstić information content (AvgIpc) is 2.73. The normalized spacial score (nSPS) is 11.9. The Kier molecular flexibility index (Phi) is 24.1. The maximum Gasteiger partial charge on any atom is 0.397 e. The molecule has 0 heterocycles. The minimum Gasteiger partial charge on any atom is -0.379 e. The highest BCUT2D eigenvalue weighted by Crippen LogP contribution is 2.11. The van der Waals surface area contributed by atoms with Crippen molar-refractivity contribution in [3.05, 3.63) is 0 Å². The molecule has 0 aromatic rings. The molecule has 0 aromatic heterocycles. The first-order valence-corrected chi connectivity index (χ1v) is 13.4. The molecule has 0 radical (unpaired) electrons. The molecule has 31 heavy (non-hydrogen) atoms. The van der Waals surface area contributed by atoms with Crippen molar-refractivity contribution < 1.29 is 36.1 Å². The number of hydrogen-bond donors (Lipinski definition) is 1. The van der Waals surface area contributed by atoms with E-state index < -0.39 is 10.4 Å². The van der Waals surface area contributed by atoms with Crippen molar-refractivity contribution >= 4 is 10.4 Å². The van der Waals surface area contributed by atoms with E-state index in [1.165, 1.54) is 70.6 Å². The lowest BCUT2D eigenvalue weighted by molar-refractivity contribution is -0.00498. The van der Waals surface area contributed by atoms with Gasteiger partial charge in [0.15, 0.2) is 0 Å². The summed E-state index contributed by atoms with van der Waals surface area (Å²) in [5.41, 5.74) is 0. The maximum absolute atomic E-state index is 10.3. The molecule has 0 fully saturated rings. The zero-order chi connectivity index (χ0) is 22.9. The van der Waals surface area contributed by atoms with E-state index in [1.807, 2.05) is 0 Å². The van der Waals surface area contributed by atoms with Gasteiger partial charge in [-0.25, -0.2) is 4.18 Å². The first-order valence-electron chi connectivity index (χ1n) is 12.0. The van der Waals surface area contributed by atoms with E-state index in [1.54, 1.807) is 0 Å². The van der Waals surface area contributed by atoms with Gasteiger partial charge in [0.05, 0.1) is 52.9 Å². The molecule has 9 heteroatoms. The van der Waals surface area contributed by atoms with Gasteiger partial charge in [0.2, 0.25) is 0 Å². The van der Waals surface area contributed by atoms with Gasteiger partial charge in [-0.05, 0) is 6.42 Å². The van der Waals surface area contributed by atoms with Crippen LogP contribution in [-0.4, -0.2) is 72.4 Å². The molecule has 0 saturated carbocycles. The monoisotopic (exact) mass is 470 g/mol. The minimum absolute atomic E-state index is 0.0657. The molecule has 0 aromatic carbocycles. The molecule has 1 N–H and O–H groups in total. The lowest BCUT2D eigenvalue weighted by Gasteiger charge is -2.07. The molecular formula is C22H46O8S. The summed E-state index contributed by atoms with van der Waals surface area (Å²) in [6.07, 6.45) is 16.1. The Balaban J connectivity index is 3.04. The molecule has 188 valence electrons. The van der Waals surface area contributed by atoms with E-state index in [0.29, 0.717) is 39.6 Å². The highest BCUT2D eigenvalue weighted by molar-refractivity contribution is 7.80. The number of hydrogen-bond acceptors (Lipinski definition) is 7. The lowest BCUT2D eigenvalue weighted by Crippen LogP contribution is -2.14. The van der Waals surface area contributed by atoms with Crippen LogP contribution in [0.3, 0.4) is 0 Å². The summed E-state index contributed by atoms with van der Waals surface area (Å²) in [5, 5.41) is 0. The molecule has 0 aliphatic rings. The zero-order valence-electron chi connectivity index (χ0n) is 19.6. The van der Waals surface area contributed by atoms with Crippen molar-refractivity contribution in [3.63, 3.8) is 0 Å². The Hall–Kier alpha value is -0.290. The molecule has 0 rings (SSSR count). The van der Waals surface area contributed by atoms with Gasteiger partial charge in [-0.1, -0.05) is 77.6 Å². The second-order valence-electron chi connectivity index (χ2n) is 7.59. The highest BCUT2D eigenvalue weighted by atomic mass is 32.3. The molecule has 8 nitrogen and oxygen atoms in total. The van der Waals surface area contributed by atoms with E-state index >= 15 is 0 Å². The second-order valence-corrected chi connectivity index (χ2v) is 8.68. The largest absolute Gasteiger partial charge is 0.397 e. The number of unbranched alkanes of at least 4 members (excludes halogenated alkanes) is 11. The summed E-state index contributed by atoms with van der Waals surface area (Å²) in [4.78, 5) is 0. The standard InChI is InChI=1S/C22H46O8S/c1-2-3-4-5-6-7-8-9-10-11-12-13-14-26-15-16-27-17-18-28-19-20-29-21-22-30-31(23,24)25/h2-22H2,1H3,(H,23,24,25). The van der Waals surface area contributed by atoms with Crippen LogP contribution in [0.2, 0.25) is 0 Å². The van der Waals surface area contributed by atoms with Crippen LogP contribution < -0.4 is 0 Å². The van der Waals surface area contributed by atoms with Crippen molar-refractivity contribution in [1.29, 1.82) is 0 Å². The van der Waals surface area contributed by atoms with Crippen LogP contribution in [0, 0.1) is 0 Å². The van der Waals surface area contributed by atoms with Gasteiger partial charge in [-0.2, -0.15) is 8.42 Å². The summed E-state index contributed by atoms with van der Waals surface area (Å²) >= 11 is 0. The lowest BCUT2D eigenvalue weighted by atomic mass is 10.1. The van der Waals surface area contributed by atoms with Crippen molar-refractivity contribution in [1.82, 2.24) is 0 Å². The Morgan fingerprint density at radius 1 is 0.484 bits per heavy atom. The number of rotatable bonds is 26. The third-order valence-corrected chi connectivity index (χ3v) is 5.18. The van der Waals surface area contributed by atoms with Gasteiger partial charge in [-0.15, -0.1) is 0 Å². The Morgan fingerprint density at radius 3 is 1.19 bits per heavy atom. The predicted octanol–water partition coefficient (Wildman–Crippen LogP) is 4.57. The summed E-state index contributed by atoms with van der Waals surface area (Å²) in [5.74, 6) is 0. The third kappa shape index (κ3) is 29.7. The van der Waals surface area contributed by atoms with Gasteiger partial charge in [0.1, 0.15) is 0 Å². The molecule has 0 spiro atoms. The van der Waals surface area contributed by atoms with Crippen LogP contribution >= 0.6 is 0 Å². The van der Waals surface area contributed by atoms with Gasteiger partial charge in [0.25, 0.3) is 0 Å². The summed E-state index contributed by atoms with van der Waals surface area (Å²) in [7, 11) is -4.39. The van der Waals surface area contributed by atoms with E-state index in [2.05, 4.69) is 11.1 Å². The van der Waals surface area contributed by atoms with E-state index in [0.717, 1.165) is 13.0 Å². The smallest absolute Gasteiger partial charge is 0.379 e. The minimum atomic E-state index is -4.39. The summed E-state index contributed by atoms with van der Waals surface area (Å²) in [6, 6.07) is 0. The van der Waals surface area contributed by atoms with Crippen molar-refractivity contribution in [3.8, 4) is 0 Å². The maximum atomic E-state index is 10.3. The molecule has 0 amide bonds. The Labute approximate surface area is 190 Å². The third-order valence-electron chi connectivity index (χ3n) is 4.72. The molecule has 0 atom stereocenters. The van der Waals surface area contributed by atoms with Crippen LogP contribution in [0.25, 0.3) is 0 Å². The first kappa shape index (κ1) is 30.7. The molecule has 0 aliphatic carbocycles. The summed E-state index contributed by atoms with van der Waals surface area (Å²) in [6.45, 7) is 5.73. The van der Waals surface area contributed by atoms with Gasteiger partial charge in [0, 0.05) is 6.61 Å². The quantitative estimate of drug-likeness (QED) is 0.145. The fourth-order valence-corrected chi connectivity index (χ4v) is 3.28. The summed E-state index contributed by atoms with van der Waals surface area (Å²) < 4.78 is 54.4. The van der Waals surface area contributed by atoms with Crippen LogP contribution in [0.15, 0.2) is 0 Å². The molecule has 0 bridgehead atoms. The predicted molar refractivity (Wildman–Crippen MR) is 122 cm³/mol. The van der Waals surface area contributed by atoms with Gasteiger partial charge >= 0.3 is 10.4 Å². The molecule has 0 saturated heterocycles. The van der Waals surface area contributed by atoms with E-state index in [4.69, 9.17) is 23.5 Å². The van der Waals surface area contributed by atoms with Crippen LogP contribution in [0.4, 0.5) is 0 Å². The van der Waals surface area contributed by atoms with Crippen LogP contribution in [-0.2, 0) is 33.5 Å². The SMILES string of the molecule is CCCCCCCCCCCCCCOCCOCCOCCOCCOS(=O)(=O)O. The molecular weight excluding hydrogens is 424 g/mol. The van der Waals surface area contributed by atoms with Crippen molar-refractivity contribution in [2.45, 2.75) is 84.0 Å². The van der Waals surface area contributed by atoms with Crippen molar-refractivity contribution in [2.75, 3.05) is 59.5 Å². The van der Waals surface area contributed by atoms with Crippen molar-refractivity contribution in [2.24, 2.45) is 0 Å². The number of ether oxygens (including phenoxy) is 4.